The zero-order chi connectivity index (χ0) is 21.7. The molecule has 164 valence electrons. The third-order valence-electron chi connectivity index (χ3n) is 5.61. The standard InChI is InChI=1S/C23H34N4O2S/c1-6-26(16(2)3)20-11-9-19(10-12-20)25-22(28)15-30-23-24-17(4)18(5)27(23)14-21-8-7-13-29-21/h9-12,16,21H,6-8,13-15H2,1-5H3,(H,25,28). The molecular formula is C23H34N4O2S. The van der Waals surface area contributed by atoms with Gasteiger partial charge >= 0.3 is 0 Å². The molecule has 0 bridgehead atoms. The van der Waals surface area contributed by atoms with Gasteiger partial charge < -0.3 is 19.5 Å². The Labute approximate surface area is 184 Å². The Kier molecular flexibility index (Phi) is 7.83. The van der Waals surface area contributed by atoms with Crippen LogP contribution in [0.1, 0.15) is 45.0 Å². The molecule has 0 aliphatic carbocycles. The first-order valence-electron chi connectivity index (χ1n) is 10.8. The molecule has 2 heterocycles. The second-order valence-electron chi connectivity index (χ2n) is 8.07. The molecule has 1 aliphatic rings. The summed E-state index contributed by atoms with van der Waals surface area (Å²) < 4.78 is 7.99. The van der Waals surface area contributed by atoms with Crippen LogP contribution in [0.2, 0.25) is 0 Å². The minimum absolute atomic E-state index is 0.0223. The predicted molar refractivity (Wildman–Crippen MR) is 125 cm³/mol. The molecule has 7 heteroatoms. The molecule has 1 aromatic heterocycles. The van der Waals surface area contributed by atoms with E-state index in [4.69, 9.17) is 4.74 Å². The molecule has 1 fully saturated rings. The first-order chi connectivity index (χ1) is 14.4. The number of rotatable bonds is 9. The van der Waals surface area contributed by atoms with Crippen molar-refractivity contribution >= 4 is 29.0 Å². The van der Waals surface area contributed by atoms with E-state index in [0.717, 1.165) is 54.8 Å². The molecule has 1 aliphatic heterocycles. The largest absolute Gasteiger partial charge is 0.376 e. The summed E-state index contributed by atoms with van der Waals surface area (Å²) in [6, 6.07) is 8.50. The summed E-state index contributed by atoms with van der Waals surface area (Å²) in [5.74, 6) is 0.307. The lowest BCUT2D eigenvalue weighted by Crippen LogP contribution is -2.30. The van der Waals surface area contributed by atoms with Crippen LogP contribution in [-0.4, -0.2) is 46.5 Å². The second kappa shape index (κ2) is 10.4. The minimum atomic E-state index is -0.0223. The Morgan fingerprint density at radius 3 is 2.67 bits per heavy atom. The lowest BCUT2D eigenvalue weighted by Gasteiger charge is -2.27. The molecule has 3 rings (SSSR count). The molecule has 1 saturated heterocycles. The first-order valence-corrected chi connectivity index (χ1v) is 11.8. The number of aryl methyl sites for hydroxylation is 1. The van der Waals surface area contributed by atoms with Gasteiger partial charge in [0.25, 0.3) is 0 Å². The van der Waals surface area contributed by atoms with Crippen LogP contribution < -0.4 is 10.2 Å². The van der Waals surface area contributed by atoms with Crippen molar-refractivity contribution in [3.8, 4) is 0 Å². The van der Waals surface area contributed by atoms with Crippen molar-refractivity contribution in [3.63, 3.8) is 0 Å². The van der Waals surface area contributed by atoms with Gasteiger partial charge in [0.05, 0.1) is 24.1 Å². The van der Waals surface area contributed by atoms with Crippen LogP contribution in [-0.2, 0) is 16.1 Å². The van der Waals surface area contributed by atoms with Crippen LogP contribution in [0.4, 0.5) is 11.4 Å². The maximum absolute atomic E-state index is 12.5. The smallest absolute Gasteiger partial charge is 0.234 e. The number of aromatic nitrogens is 2. The number of hydrogen-bond donors (Lipinski definition) is 1. The highest BCUT2D eigenvalue weighted by atomic mass is 32.2. The number of benzene rings is 1. The number of thioether (sulfide) groups is 1. The fourth-order valence-corrected chi connectivity index (χ4v) is 4.75. The van der Waals surface area contributed by atoms with E-state index in [0.29, 0.717) is 11.8 Å². The molecule has 6 nitrogen and oxygen atoms in total. The van der Waals surface area contributed by atoms with E-state index in [1.165, 1.54) is 17.4 Å². The van der Waals surface area contributed by atoms with Gasteiger partial charge in [-0.05, 0) is 71.7 Å². The van der Waals surface area contributed by atoms with Gasteiger partial charge in [0.15, 0.2) is 5.16 Å². The Bertz CT molecular complexity index is 842. The van der Waals surface area contributed by atoms with Crippen LogP contribution in [0, 0.1) is 13.8 Å². The number of anilines is 2. The highest BCUT2D eigenvalue weighted by molar-refractivity contribution is 7.99. The van der Waals surface area contributed by atoms with E-state index in [9.17, 15) is 4.79 Å². The number of ether oxygens (including phenoxy) is 1. The van der Waals surface area contributed by atoms with Gasteiger partial charge in [0.1, 0.15) is 0 Å². The zero-order valence-electron chi connectivity index (χ0n) is 18.8. The van der Waals surface area contributed by atoms with Crippen molar-refractivity contribution in [3.05, 3.63) is 35.7 Å². The highest BCUT2D eigenvalue weighted by Crippen LogP contribution is 2.25. The van der Waals surface area contributed by atoms with E-state index in [2.05, 4.69) is 59.6 Å². The number of carbonyl (C=O) groups excluding carboxylic acids is 1. The van der Waals surface area contributed by atoms with Gasteiger partial charge in [-0.3, -0.25) is 4.79 Å². The van der Waals surface area contributed by atoms with Gasteiger partial charge in [0, 0.05) is 36.3 Å². The van der Waals surface area contributed by atoms with E-state index >= 15 is 0 Å². The predicted octanol–water partition coefficient (Wildman–Crippen LogP) is 4.64. The van der Waals surface area contributed by atoms with Crippen molar-refractivity contribution in [2.75, 3.05) is 29.1 Å². The SMILES string of the molecule is CCN(c1ccc(NC(=O)CSc2nc(C)c(C)n2CC2CCCO2)cc1)C(C)C. The summed E-state index contributed by atoms with van der Waals surface area (Å²) in [4.78, 5) is 19.5. The maximum Gasteiger partial charge on any atom is 0.234 e. The van der Waals surface area contributed by atoms with Crippen molar-refractivity contribution in [1.82, 2.24) is 9.55 Å². The number of nitrogens with zero attached hydrogens (tertiary/aromatic N) is 3. The quantitative estimate of drug-likeness (QED) is 0.587. The third kappa shape index (κ3) is 5.58. The number of carbonyl (C=O) groups is 1. The Morgan fingerprint density at radius 1 is 1.33 bits per heavy atom. The molecule has 30 heavy (non-hydrogen) atoms. The number of imidazole rings is 1. The van der Waals surface area contributed by atoms with Crippen LogP contribution >= 0.6 is 11.8 Å². The van der Waals surface area contributed by atoms with Gasteiger partial charge in [-0.25, -0.2) is 4.98 Å². The summed E-state index contributed by atoms with van der Waals surface area (Å²) in [6.07, 6.45) is 2.45. The van der Waals surface area contributed by atoms with Crippen molar-refractivity contribution in [1.29, 1.82) is 0 Å². The van der Waals surface area contributed by atoms with Gasteiger partial charge in [-0.2, -0.15) is 0 Å². The van der Waals surface area contributed by atoms with Crippen LogP contribution in [0.15, 0.2) is 29.4 Å². The van der Waals surface area contributed by atoms with Crippen LogP contribution in [0.3, 0.4) is 0 Å². The molecule has 0 spiro atoms. The number of hydrogen-bond acceptors (Lipinski definition) is 5. The molecule has 2 aromatic rings. The van der Waals surface area contributed by atoms with Gasteiger partial charge in [-0.1, -0.05) is 11.8 Å². The summed E-state index contributed by atoms with van der Waals surface area (Å²) in [5, 5.41) is 3.89. The highest BCUT2D eigenvalue weighted by Gasteiger charge is 2.20. The summed E-state index contributed by atoms with van der Waals surface area (Å²) in [5.41, 5.74) is 4.15. The van der Waals surface area contributed by atoms with Crippen molar-refractivity contribution in [2.45, 2.75) is 71.3 Å². The zero-order valence-corrected chi connectivity index (χ0v) is 19.6. The van der Waals surface area contributed by atoms with E-state index in [1.54, 1.807) is 0 Å². The Balaban J connectivity index is 1.57. The second-order valence-corrected chi connectivity index (χ2v) is 9.02. The van der Waals surface area contributed by atoms with Crippen molar-refractivity contribution < 1.29 is 9.53 Å². The number of amides is 1. The van der Waals surface area contributed by atoms with Crippen molar-refractivity contribution in [2.24, 2.45) is 0 Å². The summed E-state index contributed by atoms with van der Waals surface area (Å²) >= 11 is 1.48. The van der Waals surface area contributed by atoms with Crippen LogP contribution in [0.5, 0.6) is 0 Å². The Hall–Kier alpha value is -1.99. The monoisotopic (exact) mass is 430 g/mol. The van der Waals surface area contributed by atoms with Gasteiger partial charge in [-0.15, -0.1) is 0 Å². The Morgan fingerprint density at radius 2 is 2.07 bits per heavy atom. The fraction of sp³-hybridized carbons (Fsp3) is 0.565. The van der Waals surface area contributed by atoms with E-state index < -0.39 is 0 Å². The first kappa shape index (κ1) is 22.7. The average molecular weight is 431 g/mol. The van der Waals surface area contributed by atoms with E-state index in [1.807, 2.05) is 19.1 Å². The van der Waals surface area contributed by atoms with Gasteiger partial charge in [0.2, 0.25) is 5.91 Å². The topological polar surface area (TPSA) is 59.4 Å². The molecule has 0 saturated carbocycles. The summed E-state index contributed by atoms with van der Waals surface area (Å²) in [7, 11) is 0. The summed E-state index contributed by atoms with van der Waals surface area (Å²) in [6.45, 7) is 13.2. The maximum atomic E-state index is 12.5. The molecule has 1 amide bonds. The van der Waals surface area contributed by atoms with E-state index in [-0.39, 0.29) is 12.0 Å². The minimum Gasteiger partial charge on any atom is -0.376 e. The molecule has 0 radical (unpaired) electrons. The lowest BCUT2D eigenvalue weighted by atomic mass is 10.2. The normalized spacial score (nSPS) is 16.3. The molecule has 1 atom stereocenters. The molecule has 1 unspecified atom stereocenters. The fourth-order valence-electron chi connectivity index (χ4n) is 3.85. The third-order valence-corrected chi connectivity index (χ3v) is 6.59. The number of nitrogens with one attached hydrogen (secondary N) is 1. The molecule has 1 N–H and O–H groups in total. The van der Waals surface area contributed by atoms with Crippen LogP contribution in [0.25, 0.3) is 0 Å². The lowest BCUT2D eigenvalue weighted by molar-refractivity contribution is -0.113. The average Bonchev–Trinajstić information content (AvgIpc) is 3.32. The molecular weight excluding hydrogens is 396 g/mol. The molecule has 1 aromatic carbocycles.